The minimum Gasteiger partial charge on any atom is -0.489 e. The van der Waals surface area contributed by atoms with Gasteiger partial charge in [0, 0.05) is 8.04 Å². The van der Waals surface area contributed by atoms with Crippen molar-refractivity contribution >= 4 is 79.4 Å². The van der Waals surface area contributed by atoms with Gasteiger partial charge in [0.1, 0.15) is 17.9 Å². The Bertz CT molecular complexity index is 1230. The Morgan fingerprint density at radius 2 is 1.75 bits per heavy atom. The number of anilines is 1. The normalized spacial score (nSPS) is 15.1. The van der Waals surface area contributed by atoms with Crippen molar-refractivity contribution in [1.29, 1.82) is 0 Å². The van der Waals surface area contributed by atoms with Crippen LogP contribution in [-0.2, 0) is 16.2 Å². The van der Waals surface area contributed by atoms with E-state index in [4.69, 9.17) is 17.0 Å². The zero-order chi connectivity index (χ0) is 22.7. The number of hydrogen-bond acceptors (Lipinski definition) is 4. The summed E-state index contributed by atoms with van der Waals surface area (Å²) in [6.45, 7) is 0.456. The van der Waals surface area contributed by atoms with Gasteiger partial charge in [0.25, 0.3) is 11.8 Å². The molecule has 1 aliphatic rings. The number of rotatable bonds is 5. The van der Waals surface area contributed by atoms with Crippen LogP contribution in [0, 0.1) is 3.57 Å². The van der Waals surface area contributed by atoms with Gasteiger partial charge in [0.15, 0.2) is 5.11 Å². The van der Waals surface area contributed by atoms with Gasteiger partial charge in [0.2, 0.25) is 0 Å². The molecule has 3 aromatic carbocycles. The lowest BCUT2D eigenvalue weighted by Gasteiger charge is -2.29. The lowest BCUT2D eigenvalue weighted by Crippen LogP contribution is -2.54. The predicted molar refractivity (Wildman–Crippen MR) is 140 cm³/mol. The highest BCUT2D eigenvalue weighted by atomic mass is 127. The van der Waals surface area contributed by atoms with Crippen molar-refractivity contribution in [3.05, 3.63) is 97.5 Å². The van der Waals surface area contributed by atoms with Gasteiger partial charge in [-0.25, -0.2) is 0 Å². The molecule has 0 bridgehead atoms. The van der Waals surface area contributed by atoms with E-state index in [-0.39, 0.29) is 10.7 Å². The van der Waals surface area contributed by atoms with Gasteiger partial charge in [-0.05, 0) is 94.5 Å². The molecule has 2 amide bonds. The van der Waals surface area contributed by atoms with Crippen LogP contribution in [0.5, 0.6) is 5.75 Å². The first-order valence-corrected chi connectivity index (χ1v) is 11.8. The standard InChI is InChI=1S/C24H16BrIN2O3S/c25-17-2-1-3-19(13-17)28-23(30)21(22(29)27-24(28)32)12-15-6-10-20(11-7-15)31-14-16-4-8-18(26)9-5-16/h1-13H,14H2,(H,27,29,32)/b21-12+. The maximum Gasteiger partial charge on any atom is 0.270 e. The summed E-state index contributed by atoms with van der Waals surface area (Å²) in [5.41, 5.74) is 2.35. The van der Waals surface area contributed by atoms with Crippen molar-refractivity contribution in [2.75, 3.05) is 4.90 Å². The Morgan fingerprint density at radius 1 is 1.03 bits per heavy atom. The molecule has 5 nitrogen and oxygen atoms in total. The molecule has 1 N–H and O–H groups in total. The third-order valence-electron chi connectivity index (χ3n) is 4.68. The predicted octanol–water partition coefficient (Wildman–Crippen LogP) is 5.46. The topological polar surface area (TPSA) is 58.6 Å². The summed E-state index contributed by atoms with van der Waals surface area (Å²) in [6.07, 6.45) is 1.55. The van der Waals surface area contributed by atoms with Crippen LogP contribution in [0.4, 0.5) is 5.69 Å². The molecule has 0 unspecified atom stereocenters. The van der Waals surface area contributed by atoms with Crippen LogP contribution < -0.4 is 15.0 Å². The molecular weight excluding hydrogens is 603 g/mol. The Kier molecular flexibility index (Phi) is 7.02. The van der Waals surface area contributed by atoms with Crippen molar-refractivity contribution in [1.82, 2.24) is 5.32 Å². The van der Waals surface area contributed by atoms with E-state index in [1.165, 1.54) is 8.47 Å². The molecule has 1 heterocycles. The SMILES string of the molecule is O=C1NC(=S)N(c2cccc(Br)c2)C(=O)/C1=C/c1ccc(OCc2ccc(I)cc2)cc1. The quantitative estimate of drug-likeness (QED) is 0.179. The van der Waals surface area contributed by atoms with E-state index in [0.717, 1.165) is 10.0 Å². The third kappa shape index (κ3) is 5.25. The molecule has 32 heavy (non-hydrogen) atoms. The fourth-order valence-electron chi connectivity index (χ4n) is 3.08. The van der Waals surface area contributed by atoms with Crippen LogP contribution in [-0.4, -0.2) is 16.9 Å². The van der Waals surface area contributed by atoms with Gasteiger partial charge in [-0.1, -0.05) is 46.3 Å². The number of carbonyl (C=O) groups excluding carboxylic acids is 2. The monoisotopic (exact) mass is 618 g/mol. The molecule has 0 spiro atoms. The van der Waals surface area contributed by atoms with Crippen LogP contribution in [0.15, 0.2) is 82.8 Å². The van der Waals surface area contributed by atoms with Gasteiger partial charge in [-0.15, -0.1) is 0 Å². The molecule has 1 fully saturated rings. The summed E-state index contributed by atoms with van der Waals surface area (Å²) in [5.74, 6) is -0.303. The van der Waals surface area contributed by atoms with Gasteiger partial charge in [-0.2, -0.15) is 0 Å². The molecule has 3 aromatic rings. The Balaban J connectivity index is 1.51. The van der Waals surface area contributed by atoms with Gasteiger partial charge >= 0.3 is 0 Å². The van der Waals surface area contributed by atoms with Crippen molar-refractivity contribution in [2.24, 2.45) is 0 Å². The van der Waals surface area contributed by atoms with Crippen LogP contribution in [0.3, 0.4) is 0 Å². The average Bonchev–Trinajstić information content (AvgIpc) is 2.77. The number of halogens is 2. The van der Waals surface area contributed by atoms with Crippen molar-refractivity contribution < 1.29 is 14.3 Å². The molecule has 0 atom stereocenters. The van der Waals surface area contributed by atoms with E-state index >= 15 is 0 Å². The van der Waals surface area contributed by atoms with Crippen molar-refractivity contribution in [3.63, 3.8) is 0 Å². The summed E-state index contributed by atoms with van der Waals surface area (Å²) in [6, 6.07) is 22.5. The lowest BCUT2D eigenvalue weighted by atomic mass is 10.1. The van der Waals surface area contributed by atoms with Crippen LogP contribution >= 0.6 is 50.7 Å². The van der Waals surface area contributed by atoms with E-state index < -0.39 is 11.8 Å². The van der Waals surface area contributed by atoms with Crippen LogP contribution in [0.25, 0.3) is 6.08 Å². The Morgan fingerprint density at radius 3 is 2.44 bits per heavy atom. The summed E-state index contributed by atoms with van der Waals surface area (Å²) in [5, 5.41) is 2.64. The Hall–Kier alpha value is -2.56. The minimum atomic E-state index is -0.523. The van der Waals surface area contributed by atoms with Crippen LogP contribution in [0.1, 0.15) is 11.1 Å². The van der Waals surface area contributed by atoms with Gasteiger partial charge in [0.05, 0.1) is 5.69 Å². The second-order valence-corrected chi connectivity index (χ2v) is 9.47. The molecule has 8 heteroatoms. The third-order valence-corrected chi connectivity index (χ3v) is 6.17. The number of amides is 2. The largest absolute Gasteiger partial charge is 0.489 e. The van der Waals surface area contributed by atoms with E-state index in [1.807, 2.05) is 30.3 Å². The summed E-state index contributed by atoms with van der Waals surface area (Å²) in [7, 11) is 0. The number of carbonyl (C=O) groups is 2. The van der Waals surface area contributed by atoms with E-state index in [0.29, 0.717) is 23.6 Å². The van der Waals surface area contributed by atoms with Crippen molar-refractivity contribution in [3.8, 4) is 5.75 Å². The molecular formula is C24H16BrIN2O3S. The van der Waals surface area contributed by atoms with Gasteiger partial charge < -0.3 is 4.74 Å². The second-order valence-electron chi connectivity index (χ2n) is 6.92. The second kappa shape index (κ2) is 9.93. The molecule has 0 radical (unpaired) electrons. The molecule has 1 saturated heterocycles. The highest BCUT2D eigenvalue weighted by Gasteiger charge is 2.34. The first kappa shape index (κ1) is 22.6. The maximum atomic E-state index is 13.1. The Labute approximate surface area is 212 Å². The molecule has 1 aliphatic heterocycles. The first-order chi connectivity index (χ1) is 15.4. The summed E-state index contributed by atoms with van der Waals surface area (Å²) < 4.78 is 7.79. The van der Waals surface area contributed by atoms with Crippen LogP contribution in [0.2, 0.25) is 0 Å². The molecule has 0 aliphatic carbocycles. The smallest absolute Gasteiger partial charge is 0.270 e. The number of benzene rings is 3. The number of ether oxygens (including phenoxy) is 1. The summed E-state index contributed by atoms with van der Waals surface area (Å²) >= 11 is 10.9. The first-order valence-electron chi connectivity index (χ1n) is 9.55. The zero-order valence-electron chi connectivity index (χ0n) is 16.5. The fourth-order valence-corrected chi connectivity index (χ4v) is 4.11. The van der Waals surface area contributed by atoms with Gasteiger partial charge in [-0.3, -0.25) is 19.8 Å². The number of nitrogens with one attached hydrogen (secondary N) is 1. The molecule has 0 saturated carbocycles. The average molecular weight is 619 g/mol. The maximum absolute atomic E-state index is 13.1. The highest BCUT2D eigenvalue weighted by Crippen LogP contribution is 2.25. The minimum absolute atomic E-state index is 0.00568. The number of nitrogens with zero attached hydrogens (tertiary/aromatic N) is 1. The molecule has 160 valence electrons. The number of thiocarbonyl (C=S) groups is 1. The summed E-state index contributed by atoms with van der Waals surface area (Å²) in [4.78, 5) is 26.9. The zero-order valence-corrected chi connectivity index (χ0v) is 21.1. The lowest BCUT2D eigenvalue weighted by molar-refractivity contribution is -0.122. The van der Waals surface area contributed by atoms with E-state index in [9.17, 15) is 9.59 Å². The van der Waals surface area contributed by atoms with Crippen molar-refractivity contribution in [2.45, 2.75) is 6.61 Å². The number of hydrogen-bond donors (Lipinski definition) is 1. The molecule has 4 rings (SSSR count). The highest BCUT2D eigenvalue weighted by molar-refractivity contribution is 14.1. The van der Waals surface area contributed by atoms with E-state index in [1.54, 1.807) is 48.5 Å². The fraction of sp³-hybridized carbons (Fsp3) is 0.0417. The van der Waals surface area contributed by atoms with E-state index in [2.05, 4.69) is 43.8 Å². The molecule has 0 aromatic heterocycles.